The summed E-state index contributed by atoms with van der Waals surface area (Å²) in [4.78, 5) is 41.1. The van der Waals surface area contributed by atoms with Crippen LogP contribution < -0.4 is 10.6 Å². The minimum atomic E-state index is -1.22. The number of aromatic carboxylic acids is 1. The fourth-order valence-corrected chi connectivity index (χ4v) is 1.70. The molecule has 1 fully saturated rings. The zero-order valence-electron chi connectivity index (χ0n) is 9.92. The number of nitrogens with one attached hydrogen (secondary N) is 2. The molecule has 1 aliphatic heterocycles. The summed E-state index contributed by atoms with van der Waals surface area (Å²) in [7, 11) is 0. The summed E-state index contributed by atoms with van der Waals surface area (Å²) in [6.45, 7) is 0.609. The molecule has 0 radical (unpaired) electrons. The van der Waals surface area contributed by atoms with Crippen molar-refractivity contribution in [2.75, 3.05) is 6.54 Å². The van der Waals surface area contributed by atoms with E-state index in [0.717, 1.165) is 18.8 Å². The smallest absolute Gasteiger partial charge is 0.356 e. The van der Waals surface area contributed by atoms with Crippen molar-refractivity contribution < 1.29 is 19.5 Å². The first-order valence-electron chi connectivity index (χ1n) is 5.72. The minimum absolute atomic E-state index is 0.0247. The van der Waals surface area contributed by atoms with Gasteiger partial charge in [-0.3, -0.25) is 9.59 Å². The molecule has 8 heteroatoms. The Morgan fingerprint density at radius 1 is 1.32 bits per heavy atom. The van der Waals surface area contributed by atoms with E-state index < -0.39 is 17.9 Å². The second kappa shape index (κ2) is 5.42. The number of hydrogen-bond donors (Lipinski definition) is 3. The van der Waals surface area contributed by atoms with Crippen molar-refractivity contribution in [3.8, 4) is 0 Å². The highest BCUT2D eigenvalue weighted by Crippen LogP contribution is 2.04. The maximum atomic E-state index is 11.8. The van der Waals surface area contributed by atoms with Crippen LogP contribution >= 0.6 is 0 Å². The summed E-state index contributed by atoms with van der Waals surface area (Å²) in [5.41, 5.74) is -0.268. The lowest BCUT2D eigenvalue weighted by Crippen LogP contribution is -2.50. The largest absolute Gasteiger partial charge is 0.476 e. The van der Waals surface area contributed by atoms with Gasteiger partial charge in [0.15, 0.2) is 5.69 Å². The van der Waals surface area contributed by atoms with Crippen molar-refractivity contribution in [3.05, 3.63) is 23.8 Å². The van der Waals surface area contributed by atoms with E-state index in [-0.39, 0.29) is 17.3 Å². The predicted molar refractivity (Wildman–Crippen MR) is 62.5 cm³/mol. The van der Waals surface area contributed by atoms with Gasteiger partial charge in [-0.2, -0.15) is 0 Å². The summed E-state index contributed by atoms with van der Waals surface area (Å²) < 4.78 is 0. The Hall–Kier alpha value is -2.51. The zero-order valence-corrected chi connectivity index (χ0v) is 9.92. The number of nitrogens with zero attached hydrogens (tertiary/aromatic N) is 2. The van der Waals surface area contributed by atoms with Gasteiger partial charge in [-0.25, -0.2) is 14.8 Å². The third kappa shape index (κ3) is 3.03. The molecule has 1 atom stereocenters. The highest BCUT2D eigenvalue weighted by Gasteiger charge is 2.24. The van der Waals surface area contributed by atoms with Crippen LogP contribution in [0.15, 0.2) is 12.4 Å². The van der Waals surface area contributed by atoms with Gasteiger partial charge in [-0.05, 0) is 12.8 Å². The van der Waals surface area contributed by atoms with Crippen LogP contribution in [0.5, 0.6) is 0 Å². The SMILES string of the molecule is O=C(O)c1cnc(C(=O)NC2CCCNC2=O)cn1. The predicted octanol–water partition coefficient (Wildman–Crippen LogP) is -0.817. The zero-order chi connectivity index (χ0) is 13.8. The monoisotopic (exact) mass is 264 g/mol. The van der Waals surface area contributed by atoms with Crippen LogP contribution in [-0.4, -0.2) is 45.4 Å². The lowest BCUT2D eigenvalue weighted by Gasteiger charge is -2.22. The Kier molecular flexibility index (Phi) is 3.69. The Bertz CT molecular complexity index is 514. The van der Waals surface area contributed by atoms with Crippen molar-refractivity contribution in [2.45, 2.75) is 18.9 Å². The number of rotatable bonds is 3. The van der Waals surface area contributed by atoms with Crippen LogP contribution in [0.4, 0.5) is 0 Å². The van der Waals surface area contributed by atoms with Gasteiger partial charge < -0.3 is 15.7 Å². The number of carboxylic acids is 1. The number of amides is 2. The fraction of sp³-hybridized carbons (Fsp3) is 0.364. The van der Waals surface area contributed by atoms with E-state index in [2.05, 4.69) is 20.6 Å². The van der Waals surface area contributed by atoms with Gasteiger partial charge in [0.2, 0.25) is 5.91 Å². The molecule has 2 amide bonds. The molecule has 2 rings (SSSR count). The second-order valence-corrected chi connectivity index (χ2v) is 4.05. The third-order valence-corrected chi connectivity index (χ3v) is 2.69. The summed E-state index contributed by atoms with van der Waals surface area (Å²) >= 11 is 0. The molecule has 1 unspecified atom stereocenters. The molecule has 0 bridgehead atoms. The Balaban J connectivity index is 2.03. The number of carboxylic acid groups (broad SMARTS) is 1. The lowest BCUT2D eigenvalue weighted by molar-refractivity contribution is -0.124. The minimum Gasteiger partial charge on any atom is -0.476 e. The molecule has 0 aliphatic carbocycles. The van der Waals surface area contributed by atoms with Crippen molar-refractivity contribution in [2.24, 2.45) is 0 Å². The molecule has 1 saturated heterocycles. The van der Waals surface area contributed by atoms with Crippen molar-refractivity contribution in [3.63, 3.8) is 0 Å². The molecule has 8 nitrogen and oxygen atoms in total. The fourth-order valence-electron chi connectivity index (χ4n) is 1.70. The summed E-state index contributed by atoms with van der Waals surface area (Å²) in [5.74, 6) is -1.99. The van der Waals surface area contributed by atoms with E-state index in [9.17, 15) is 14.4 Å². The first kappa shape index (κ1) is 12.9. The second-order valence-electron chi connectivity index (χ2n) is 4.05. The Labute approximate surface area is 108 Å². The molecule has 0 spiro atoms. The van der Waals surface area contributed by atoms with Crippen LogP contribution in [0.3, 0.4) is 0 Å². The maximum absolute atomic E-state index is 11.8. The number of carbonyl (C=O) groups excluding carboxylic acids is 2. The van der Waals surface area contributed by atoms with Crippen molar-refractivity contribution >= 4 is 17.8 Å². The Morgan fingerprint density at radius 2 is 2.00 bits per heavy atom. The number of piperidine rings is 1. The van der Waals surface area contributed by atoms with Gasteiger partial charge in [0, 0.05) is 6.54 Å². The van der Waals surface area contributed by atoms with E-state index in [1.54, 1.807) is 0 Å². The van der Waals surface area contributed by atoms with E-state index in [1.165, 1.54) is 0 Å². The topological polar surface area (TPSA) is 121 Å². The van der Waals surface area contributed by atoms with Crippen LogP contribution in [0.25, 0.3) is 0 Å². The molecule has 1 aromatic rings. The lowest BCUT2D eigenvalue weighted by atomic mass is 10.1. The van der Waals surface area contributed by atoms with Crippen molar-refractivity contribution in [1.29, 1.82) is 0 Å². The molecule has 0 saturated carbocycles. The molecule has 2 heterocycles. The average molecular weight is 264 g/mol. The first-order valence-corrected chi connectivity index (χ1v) is 5.72. The standard InChI is InChI=1S/C11H12N4O4/c16-9-6(2-1-3-12-9)15-10(17)7-4-14-8(5-13-7)11(18)19/h4-6H,1-3H2,(H,12,16)(H,15,17)(H,18,19). The van der Waals surface area contributed by atoms with Gasteiger partial charge >= 0.3 is 5.97 Å². The van der Waals surface area contributed by atoms with E-state index >= 15 is 0 Å². The number of carbonyl (C=O) groups is 3. The van der Waals surface area contributed by atoms with E-state index in [0.29, 0.717) is 13.0 Å². The summed E-state index contributed by atoms with van der Waals surface area (Å²) in [5, 5.41) is 13.8. The molecule has 1 aliphatic rings. The van der Waals surface area contributed by atoms with Crippen LogP contribution in [0.2, 0.25) is 0 Å². The Morgan fingerprint density at radius 3 is 2.58 bits per heavy atom. The van der Waals surface area contributed by atoms with E-state index in [4.69, 9.17) is 5.11 Å². The maximum Gasteiger partial charge on any atom is 0.356 e. The molecular formula is C11H12N4O4. The average Bonchev–Trinajstić information content (AvgIpc) is 2.41. The number of hydrogen-bond acceptors (Lipinski definition) is 5. The van der Waals surface area contributed by atoms with Gasteiger partial charge in [-0.15, -0.1) is 0 Å². The molecule has 3 N–H and O–H groups in total. The van der Waals surface area contributed by atoms with Gasteiger partial charge in [0.1, 0.15) is 11.7 Å². The number of aromatic nitrogens is 2. The molecular weight excluding hydrogens is 252 g/mol. The van der Waals surface area contributed by atoms with Gasteiger partial charge in [0.05, 0.1) is 12.4 Å². The highest BCUT2D eigenvalue weighted by molar-refractivity contribution is 5.96. The molecule has 100 valence electrons. The molecule has 19 heavy (non-hydrogen) atoms. The van der Waals surface area contributed by atoms with Crippen LogP contribution in [-0.2, 0) is 4.79 Å². The third-order valence-electron chi connectivity index (χ3n) is 2.69. The van der Waals surface area contributed by atoms with Crippen LogP contribution in [0.1, 0.15) is 33.8 Å². The summed E-state index contributed by atoms with van der Waals surface area (Å²) in [6, 6.07) is -0.581. The van der Waals surface area contributed by atoms with Gasteiger partial charge in [0.25, 0.3) is 5.91 Å². The normalized spacial score (nSPS) is 18.5. The summed E-state index contributed by atoms with van der Waals surface area (Å²) in [6.07, 6.45) is 3.43. The van der Waals surface area contributed by atoms with Crippen molar-refractivity contribution in [1.82, 2.24) is 20.6 Å². The highest BCUT2D eigenvalue weighted by atomic mass is 16.4. The van der Waals surface area contributed by atoms with Gasteiger partial charge in [-0.1, -0.05) is 0 Å². The van der Waals surface area contributed by atoms with E-state index in [1.807, 2.05) is 0 Å². The molecule has 1 aromatic heterocycles. The molecule has 0 aromatic carbocycles. The quantitative estimate of drug-likeness (QED) is 0.656. The first-order chi connectivity index (χ1) is 9.08. The van der Waals surface area contributed by atoms with Crippen LogP contribution in [0, 0.1) is 0 Å².